The summed E-state index contributed by atoms with van der Waals surface area (Å²) >= 11 is 1.30. The van der Waals surface area contributed by atoms with Crippen LogP contribution in [-0.2, 0) is 0 Å². The summed E-state index contributed by atoms with van der Waals surface area (Å²) in [5.41, 5.74) is 3.57. The van der Waals surface area contributed by atoms with E-state index in [-0.39, 0.29) is 5.88 Å². The van der Waals surface area contributed by atoms with E-state index in [1.165, 1.54) is 24.5 Å². The predicted octanol–water partition coefficient (Wildman–Crippen LogP) is 3.73. The fourth-order valence-electron chi connectivity index (χ4n) is 2.58. The Morgan fingerprint density at radius 3 is 2.77 bits per heavy atom. The van der Waals surface area contributed by atoms with Gasteiger partial charge < -0.3 is 9.47 Å². The minimum atomic E-state index is -0.661. The molecule has 0 aliphatic rings. The van der Waals surface area contributed by atoms with Crippen LogP contribution in [0.2, 0.25) is 0 Å². The highest BCUT2D eigenvalue weighted by molar-refractivity contribution is 7.21. The average Bonchev–Trinajstić information content (AvgIpc) is 3.03. The highest BCUT2D eigenvalue weighted by atomic mass is 32.1. The summed E-state index contributed by atoms with van der Waals surface area (Å²) in [7, 11) is 1.54. The van der Waals surface area contributed by atoms with Crippen LogP contribution in [0.25, 0.3) is 32.0 Å². The third-order valence-corrected chi connectivity index (χ3v) is 4.67. The first-order valence-electron chi connectivity index (χ1n) is 7.50. The van der Waals surface area contributed by atoms with Gasteiger partial charge in [0.2, 0.25) is 5.88 Å². The van der Waals surface area contributed by atoms with Crippen molar-refractivity contribution in [2.75, 3.05) is 7.11 Å². The number of fused-ring (bicyclic) bond motifs is 2. The van der Waals surface area contributed by atoms with Crippen LogP contribution in [0.1, 0.15) is 5.56 Å². The summed E-state index contributed by atoms with van der Waals surface area (Å²) in [6.45, 7) is 1.95. The quantitative estimate of drug-likeness (QED) is 0.515. The highest BCUT2D eigenvalue weighted by Gasteiger charge is 2.16. The van der Waals surface area contributed by atoms with E-state index in [1.54, 1.807) is 6.20 Å². The van der Waals surface area contributed by atoms with E-state index in [2.05, 4.69) is 19.9 Å². The monoisotopic (exact) mass is 366 g/mol. The molecule has 3 heterocycles. The normalized spacial score (nSPS) is 10.8. The molecule has 0 aliphatic heterocycles. The average molecular weight is 366 g/mol. The third kappa shape index (κ3) is 2.68. The SMILES string of the molecule is C#COc1nc2sc(-c3cc(C)cc4nc(OC)cnc34)nc2cc1F. The molecule has 8 heteroatoms. The first-order chi connectivity index (χ1) is 12.6. The van der Waals surface area contributed by atoms with E-state index < -0.39 is 5.82 Å². The van der Waals surface area contributed by atoms with Crippen LogP contribution in [0.15, 0.2) is 24.4 Å². The van der Waals surface area contributed by atoms with Gasteiger partial charge in [-0.25, -0.2) is 19.3 Å². The van der Waals surface area contributed by atoms with Gasteiger partial charge in [-0.1, -0.05) is 17.8 Å². The maximum atomic E-state index is 14.0. The number of ether oxygens (including phenoxy) is 2. The smallest absolute Gasteiger partial charge is 0.268 e. The van der Waals surface area contributed by atoms with E-state index in [0.29, 0.717) is 32.3 Å². The molecule has 0 fully saturated rings. The molecule has 0 spiro atoms. The molecule has 1 aromatic carbocycles. The van der Waals surface area contributed by atoms with E-state index >= 15 is 0 Å². The second kappa shape index (κ2) is 6.20. The van der Waals surface area contributed by atoms with Crippen molar-refractivity contribution in [3.8, 4) is 34.9 Å². The molecule has 0 aliphatic carbocycles. The van der Waals surface area contributed by atoms with Crippen LogP contribution in [0.3, 0.4) is 0 Å². The molecule has 26 heavy (non-hydrogen) atoms. The number of thiazole rings is 1. The number of hydrogen-bond donors (Lipinski definition) is 0. The predicted molar refractivity (Wildman–Crippen MR) is 96.7 cm³/mol. The first kappa shape index (κ1) is 16.2. The molecule has 4 aromatic rings. The Morgan fingerprint density at radius 1 is 1.15 bits per heavy atom. The number of aromatic nitrogens is 4. The van der Waals surface area contributed by atoms with E-state index in [9.17, 15) is 4.39 Å². The summed E-state index contributed by atoms with van der Waals surface area (Å²) in [4.78, 5) is 18.0. The standard InChI is InChI=1S/C18H11FN4O2S/c1-4-25-16-11(19)7-13-18(23-16)26-17(22-13)10-5-9(2)6-12-15(10)20-8-14(21-12)24-3/h1,5-8H,2-3H3. The summed E-state index contributed by atoms with van der Waals surface area (Å²) < 4.78 is 23.9. The molecule has 0 N–H and O–H groups in total. The second-order valence-electron chi connectivity index (χ2n) is 5.43. The van der Waals surface area contributed by atoms with Crippen molar-refractivity contribution in [1.82, 2.24) is 19.9 Å². The van der Waals surface area contributed by atoms with Crippen molar-refractivity contribution in [3.05, 3.63) is 35.8 Å². The number of rotatable bonds is 3. The van der Waals surface area contributed by atoms with Crippen molar-refractivity contribution in [3.63, 3.8) is 0 Å². The van der Waals surface area contributed by atoms with Crippen molar-refractivity contribution >= 4 is 32.7 Å². The molecular formula is C18H11FN4O2S. The summed E-state index contributed by atoms with van der Waals surface area (Å²) in [6.07, 6.45) is 8.52. The van der Waals surface area contributed by atoms with Gasteiger partial charge in [0.05, 0.1) is 24.3 Å². The van der Waals surface area contributed by atoms with Gasteiger partial charge in [0.15, 0.2) is 5.82 Å². The van der Waals surface area contributed by atoms with Crippen LogP contribution in [-0.4, -0.2) is 27.0 Å². The number of methoxy groups -OCH3 is 1. The third-order valence-electron chi connectivity index (χ3n) is 3.67. The van der Waals surface area contributed by atoms with Gasteiger partial charge in [-0.3, -0.25) is 0 Å². The molecule has 0 bridgehead atoms. The molecule has 0 saturated heterocycles. The molecule has 0 unspecified atom stereocenters. The Labute approximate surface area is 151 Å². The molecule has 128 valence electrons. The van der Waals surface area contributed by atoms with Crippen LogP contribution < -0.4 is 9.47 Å². The van der Waals surface area contributed by atoms with Crippen LogP contribution in [0.5, 0.6) is 11.8 Å². The molecule has 0 radical (unpaired) electrons. The summed E-state index contributed by atoms with van der Waals surface area (Å²) in [5.74, 6) is -0.474. The number of aryl methyl sites for hydroxylation is 1. The van der Waals surface area contributed by atoms with Gasteiger partial charge >= 0.3 is 0 Å². The largest absolute Gasteiger partial charge is 0.480 e. The topological polar surface area (TPSA) is 70.0 Å². The number of pyridine rings is 1. The summed E-state index contributed by atoms with van der Waals surface area (Å²) in [6, 6.07) is 5.12. The molecule has 3 aromatic heterocycles. The van der Waals surface area contributed by atoms with Gasteiger partial charge in [-0.2, -0.15) is 4.98 Å². The van der Waals surface area contributed by atoms with Gasteiger partial charge in [0.1, 0.15) is 21.5 Å². The molecule has 4 rings (SSSR count). The van der Waals surface area contributed by atoms with E-state index in [1.807, 2.05) is 25.2 Å². The Bertz CT molecular complexity index is 1200. The Balaban J connectivity index is 1.93. The number of hydrogen-bond acceptors (Lipinski definition) is 7. The first-order valence-corrected chi connectivity index (χ1v) is 8.32. The lowest BCUT2D eigenvalue weighted by atomic mass is 10.1. The van der Waals surface area contributed by atoms with Crippen LogP contribution >= 0.6 is 11.3 Å². The minimum absolute atomic E-state index is 0.242. The zero-order chi connectivity index (χ0) is 18.3. The van der Waals surface area contributed by atoms with Crippen LogP contribution in [0, 0.1) is 25.3 Å². The Kier molecular flexibility index (Phi) is 3.86. The lowest BCUT2D eigenvalue weighted by Gasteiger charge is -2.06. The van der Waals surface area contributed by atoms with Crippen molar-refractivity contribution in [2.45, 2.75) is 6.92 Å². The molecule has 0 atom stereocenters. The lowest BCUT2D eigenvalue weighted by molar-refractivity contribution is 0.397. The van der Waals surface area contributed by atoms with Gasteiger partial charge in [0.25, 0.3) is 5.88 Å². The van der Waals surface area contributed by atoms with Crippen molar-refractivity contribution in [2.24, 2.45) is 0 Å². The molecular weight excluding hydrogens is 355 g/mol. The van der Waals surface area contributed by atoms with Gasteiger partial charge in [0, 0.05) is 11.6 Å². The zero-order valence-electron chi connectivity index (χ0n) is 13.8. The van der Waals surface area contributed by atoms with Crippen molar-refractivity contribution < 1.29 is 13.9 Å². The van der Waals surface area contributed by atoms with E-state index in [0.717, 1.165) is 11.1 Å². The maximum absolute atomic E-state index is 14.0. The molecule has 6 nitrogen and oxygen atoms in total. The minimum Gasteiger partial charge on any atom is -0.480 e. The second-order valence-corrected chi connectivity index (χ2v) is 6.41. The number of benzene rings is 1. The van der Waals surface area contributed by atoms with E-state index in [4.69, 9.17) is 15.9 Å². The number of nitrogens with zero attached hydrogens (tertiary/aromatic N) is 4. The van der Waals surface area contributed by atoms with Crippen molar-refractivity contribution in [1.29, 1.82) is 0 Å². The lowest BCUT2D eigenvalue weighted by Crippen LogP contribution is -1.93. The fraction of sp³-hybridized carbons (Fsp3) is 0.111. The highest BCUT2D eigenvalue weighted by Crippen LogP contribution is 2.35. The summed E-state index contributed by atoms with van der Waals surface area (Å²) in [5, 5.41) is 0.651. The number of terminal acetylenes is 1. The molecule has 0 saturated carbocycles. The van der Waals surface area contributed by atoms with Gasteiger partial charge in [-0.15, -0.1) is 0 Å². The van der Waals surface area contributed by atoms with Crippen LogP contribution in [0.4, 0.5) is 4.39 Å². The maximum Gasteiger partial charge on any atom is 0.268 e. The van der Waals surface area contributed by atoms with Gasteiger partial charge in [-0.05, 0) is 24.6 Å². The Morgan fingerprint density at radius 2 is 2.00 bits per heavy atom. The molecule has 0 amide bonds. The number of halogens is 1. The fourth-order valence-corrected chi connectivity index (χ4v) is 3.51. The Hall–Kier alpha value is -3.31. The zero-order valence-corrected chi connectivity index (χ0v) is 14.6.